The Labute approximate surface area is 114 Å². The molecule has 0 amide bonds. The first kappa shape index (κ1) is 11.8. The molecule has 0 N–H and O–H groups in total. The Morgan fingerprint density at radius 1 is 0.842 bits per heavy atom. The lowest BCUT2D eigenvalue weighted by Gasteiger charge is -2.02. The van der Waals surface area contributed by atoms with Crippen LogP contribution in [0.2, 0.25) is 0 Å². The summed E-state index contributed by atoms with van der Waals surface area (Å²) in [7, 11) is 2.03. The molecule has 2 aromatic heterocycles. The molecule has 2 aromatic rings. The fraction of sp³-hybridized carbons (Fsp3) is 0.176. The summed E-state index contributed by atoms with van der Waals surface area (Å²) in [5.41, 5.74) is 2.51. The average molecular weight is 250 g/mol. The van der Waals surface area contributed by atoms with E-state index in [9.17, 15) is 0 Å². The van der Waals surface area contributed by atoms with Gasteiger partial charge >= 0.3 is 0 Å². The Balaban J connectivity index is 1.76. The maximum absolute atomic E-state index is 2.23. The summed E-state index contributed by atoms with van der Waals surface area (Å²) in [5, 5.41) is 0. The van der Waals surface area contributed by atoms with Gasteiger partial charge in [-0.25, -0.2) is 9.13 Å². The maximum Gasteiger partial charge on any atom is 0.169 e. The molecule has 0 saturated carbocycles. The zero-order valence-corrected chi connectivity index (χ0v) is 11.1. The van der Waals surface area contributed by atoms with Gasteiger partial charge in [0.2, 0.25) is 0 Å². The first-order chi connectivity index (χ1) is 9.31. The highest BCUT2D eigenvalue weighted by atomic mass is 14.9. The van der Waals surface area contributed by atoms with Crippen LogP contribution < -0.4 is 9.13 Å². The third-order valence-corrected chi connectivity index (χ3v) is 3.45. The summed E-state index contributed by atoms with van der Waals surface area (Å²) in [4.78, 5) is 0. The Kier molecular flexibility index (Phi) is 3.23. The second-order valence-electron chi connectivity index (χ2n) is 4.97. The average Bonchev–Trinajstić information content (AvgIpc) is 2.94. The van der Waals surface area contributed by atoms with Crippen molar-refractivity contribution < 1.29 is 9.13 Å². The Morgan fingerprint density at radius 3 is 1.95 bits per heavy atom. The number of aryl methyl sites for hydroxylation is 1. The van der Waals surface area contributed by atoms with E-state index in [4.69, 9.17) is 0 Å². The summed E-state index contributed by atoms with van der Waals surface area (Å²) in [6, 6.07) is 8.64. The molecule has 0 saturated heterocycles. The molecule has 94 valence electrons. The minimum atomic E-state index is 0.534. The predicted molar refractivity (Wildman–Crippen MR) is 75.0 cm³/mol. The van der Waals surface area contributed by atoms with Crippen LogP contribution in [-0.2, 0) is 13.6 Å². The van der Waals surface area contributed by atoms with Crippen LogP contribution in [-0.4, -0.2) is 0 Å². The molecule has 0 aliphatic heterocycles. The first-order valence-corrected chi connectivity index (χ1v) is 6.61. The second kappa shape index (κ2) is 5.19. The molecule has 2 heteroatoms. The normalized spacial score (nSPS) is 14.2. The van der Waals surface area contributed by atoms with Gasteiger partial charge in [-0.1, -0.05) is 24.3 Å². The highest BCUT2D eigenvalue weighted by molar-refractivity contribution is 5.60. The van der Waals surface area contributed by atoms with Gasteiger partial charge in [0.25, 0.3) is 0 Å². The van der Waals surface area contributed by atoms with Gasteiger partial charge in [0, 0.05) is 24.3 Å². The fourth-order valence-electron chi connectivity index (χ4n) is 2.31. The summed E-state index contributed by atoms with van der Waals surface area (Å²) in [5.74, 6) is 0.534. The van der Waals surface area contributed by atoms with E-state index in [2.05, 4.69) is 77.9 Å². The van der Waals surface area contributed by atoms with Gasteiger partial charge in [0.05, 0.1) is 5.92 Å². The lowest BCUT2D eigenvalue weighted by Crippen LogP contribution is -2.35. The van der Waals surface area contributed by atoms with Gasteiger partial charge < -0.3 is 0 Å². The minimum absolute atomic E-state index is 0.534. The number of nitrogens with zero attached hydrogens (tertiary/aromatic N) is 2. The topological polar surface area (TPSA) is 7.76 Å². The van der Waals surface area contributed by atoms with Gasteiger partial charge in [-0.2, -0.15) is 0 Å². The molecule has 0 unspecified atom stereocenters. The molecule has 1 aliphatic carbocycles. The van der Waals surface area contributed by atoms with Crippen molar-refractivity contribution in [3.05, 3.63) is 73.4 Å². The maximum atomic E-state index is 2.23. The van der Waals surface area contributed by atoms with E-state index in [0.717, 1.165) is 6.54 Å². The van der Waals surface area contributed by atoms with E-state index in [1.807, 2.05) is 11.6 Å². The molecule has 2 nitrogen and oxygen atoms in total. The number of pyridine rings is 2. The van der Waals surface area contributed by atoms with Gasteiger partial charge in [0.1, 0.15) is 7.05 Å². The van der Waals surface area contributed by atoms with Crippen molar-refractivity contribution in [2.45, 2.75) is 6.54 Å². The van der Waals surface area contributed by atoms with Crippen LogP contribution in [0.1, 0.15) is 0 Å². The van der Waals surface area contributed by atoms with Gasteiger partial charge in [-0.15, -0.1) is 0 Å². The van der Waals surface area contributed by atoms with Crippen LogP contribution in [0.3, 0.4) is 0 Å². The lowest BCUT2D eigenvalue weighted by atomic mass is 10.1. The fourth-order valence-corrected chi connectivity index (χ4v) is 2.31. The van der Waals surface area contributed by atoms with Crippen molar-refractivity contribution >= 4 is 0 Å². The van der Waals surface area contributed by atoms with Crippen molar-refractivity contribution in [2.75, 3.05) is 0 Å². The van der Waals surface area contributed by atoms with Crippen molar-refractivity contribution in [2.24, 2.45) is 13.0 Å². The van der Waals surface area contributed by atoms with E-state index in [1.165, 1.54) is 11.1 Å². The monoisotopic (exact) mass is 250 g/mol. The molecular weight excluding hydrogens is 232 g/mol. The van der Waals surface area contributed by atoms with E-state index in [0.29, 0.717) is 5.92 Å². The zero-order chi connectivity index (χ0) is 13.1. The lowest BCUT2D eigenvalue weighted by molar-refractivity contribution is -0.700. The first-order valence-electron chi connectivity index (χ1n) is 6.61. The van der Waals surface area contributed by atoms with Crippen LogP contribution in [0.4, 0.5) is 0 Å². The SMILES string of the molecule is C[n+]1ccc(-c2cc[n+](CC3C=CC=C3)cc2)cc1. The highest BCUT2D eigenvalue weighted by Crippen LogP contribution is 2.16. The van der Waals surface area contributed by atoms with E-state index in [-0.39, 0.29) is 0 Å². The van der Waals surface area contributed by atoms with Gasteiger partial charge in [-0.3, -0.25) is 0 Å². The molecular formula is C17H18N2+2. The third-order valence-electron chi connectivity index (χ3n) is 3.45. The Bertz CT molecular complexity index is 595. The quantitative estimate of drug-likeness (QED) is 0.738. The number of hydrogen-bond acceptors (Lipinski definition) is 0. The molecule has 0 radical (unpaired) electrons. The molecule has 19 heavy (non-hydrogen) atoms. The van der Waals surface area contributed by atoms with Crippen molar-refractivity contribution in [3.8, 4) is 11.1 Å². The van der Waals surface area contributed by atoms with E-state index >= 15 is 0 Å². The summed E-state index contributed by atoms with van der Waals surface area (Å²) in [6.45, 7) is 1.01. The number of allylic oxidation sites excluding steroid dienone is 4. The summed E-state index contributed by atoms with van der Waals surface area (Å²) < 4.78 is 4.28. The van der Waals surface area contributed by atoms with E-state index < -0.39 is 0 Å². The molecule has 0 atom stereocenters. The number of hydrogen-bond donors (Lipinski definition) is 0. The van der Waals surface area contributed by atoms with Crippen molar-refractivity contribution in [1.82, 2.24) is 0 Å². The van der Waals surface area contributed by atoms with Crippen LogP contribution in [0.5, 0.6) is 0 Å². The minimum Gasteiger partial charge on any atom is -0.208 e. The number of rotatable bonds is 3. The van der Waals surface area contributed by atoms with Crippen LogP contribution in [0.25, 0.3) is 11.1 Å². The van der Waals surface area contributed by atoms with Crippen LogP contribution in [0, 0.1) is 5.92 Å². The van der Waals surface area contributed by atoms with Gasteiger partial charge in [-0.05, 0) is 11.1 Å². The molecule has 2 heterocycles. The molecule has 0 spiro atoms. The summed E-state index contributed by atoms with van der Waals surface area (Å²) >= 11 is 0. The molecule has 0 fully saturated rings. The predicted octanol–water partition coefficient (Wildman–Crippen LogP) is 2.21. The largest absolute Gasteiger partial charge is 0.208 e. The highest BCUT2D eigenvalue weighted by Gasteiger charge is 2.10. The Hall–Kier alpha value is -2.22. The molecule has 0 bridgehead atoms. The molecule has 3 rings (SSSR count). The third kappa shape index (κ3) is 2.79. The number of aromatic nitrogens is 2. The Morgan fingerprint density at radius 2 is 1.37 bits per heavy atom. The van der Waals surface area contributed by atoms with Crippen LogP contribution in [0.15, 0.2) is 73.4 Å². The van der Waals surface area contributed by atoms with Crippen molar-refractivity contribution in [1.29, 1.82) is 0 Å². The zero-order valence-electron chi connectivity index (χ0n) is 11.1. The van der Waals surface area contributed by atoms with E-state index in [1.54, 1.807) is 0 Å². The van der Waals surface area contributed by atoms with Gasteiger partial charge in [0.15, 0.2) is 31.3 Å². The molecule has 1 aliphatic rings. The summed E-state index contributed by atoms with van der Waals surface area (Å²) in [6.07, 6.45) is 17.2. The van der Waals surface area contributed by atoms with Crippen LogP contribution >= 0.6 is 0 Å². The van der Waals surface area contributed by atoms with Crippen molar-refractivity contribution in [3.63, 3.8) is 0 Å². The smallest absolute Gasteiger partial charge is 0.169 e. The molecule has 0 aromatic carbocycles. The standard InChI is InChI=1S/C17H18N2/c1-18-10-6-16(7-11-18)17-8-12-19(13-9-17)14-15-4-2-3-5-15/h2-13,15H,14H2,1H3/q+2. The second-order valence-corrected chi connectivity index (χ2v) is 4.97.